The number of fused-ring (bicyclic) bond motifs is 2. The summed E-state index contributed by atoms with van der Waals surface area (Å²) >= 11 is 0. The summed E-state index contributed by atoms with van der Waals surface area (Å²) in [5, 5.41) is 8.93. The van der Waals surface area contributed by atoms with Crippen molar-refractivity contribution in [3.8, 4) is 47.4 Å². The predicted octanol–water partition coefficient (Wildman–Crippen LogP) is 17.5. The molecule has 7 aromatic carbocycles. The highest BCUT2D eigenvalue weighted by Crippen LogP contribution is 2.38. The summed E-state index contributed by atoms with van der Waals surface area (Å²) in [6.07, 6.45) is 0. The standard InChI is InChI=1S/C72H76P2/c1-67(2,3)51-45-59(69(7,8)9)65(60(46-51)70(10,11)12)73-63(49-33-21-19-22-34-49)43-31-29-41-57-53-37-25-27-39-55(53)58(56-40-28-26-38-54(56)57)42-30-32-44-64(50-35-23-20-24-36-50)74-66-61(71(13,14)15)47-52(68(4,5)6)48-62(66)72(16,17)18/h19-28,33-40,45-48H,1-18H3. The molecule has 0 aromatic heterocycles. The molecule has 0 aliphatic rings. The van der Waals surface area contributed by atoms with Crippen LogP contribution >= 0.6 is 16.4 Å². The van der Waals surface area contributed by atoms with Crippen molar-refractivity contribution in [2.24, 2.45) is 0 Å². The molecular formula is C72H76P2. The van der Waals surface area contributed by atoms with Gasteiger partial charge < -0.3 is 0 Å². The molecule has 0 saturated carbocycles. The molecule has 74 heavy (non-hydrogen) atoms. The number of hydrogen-bond acceptors (Lipinski definition) is 0. The van der Waals surface area contributed by atoms with Crippen LogP contribution in [-0.2, 0) is 32.5 Å². The molecule has 0 N–H and O–H groups in total. The molecule has 374 valence electrons. The zero-order valence-electron chi connectivity index (χ0n) is 47.6. The maximum atomic E-state index is 3.60. The molecule has 0 nitrogen and oxygen atoms in total. The SMILES string of the molecule is CC(C)(C)c1cc(C(C)(C)C)c(P=C(C#CC#Cc2c3ccccc3c(C#CC#CC(=Pc3c(C(C)(C)C)cc(C(C)(C)C)cc3C(C)(C)C)c3ccccc3)c3ccccc23)c2ccccc2)c(C(C)(C)C)c1. The zero-order valence-corrected chi connectivity index (χ0v) is 49.4. The van der Waals surface area contributed by atoms with Gasteiger partial charge in [0.1, 0.15) is 0 Å². The minimum atomic E-state index is -0.0700. The van der Waals surface area contributed by atoms with E-state index < -0.39 is 0 Å². The van der Waals surface area contributed by atoms with Crippen molar-refractivity contribution in [3.05, 3.63) is 189 Å². The highest BCUT2D eigenvalue weighted by atomic mass is 31.1. The fourth-order valence-corrected chi connectivity index (χ4v) is 12.5. The van der Waals surface area contributed by atoms with E-state index in [2.05, 4.69) is 305 Å². The highest BCUT2D eigenvalue weighted by Gasteiger charge is 2.31. The molecule has 0 aliphatic heterocycles. The third kappa shape index (κ3) is 12.9. The fraction of sp³-hybridized carbons (Fsp3) is 0.333. The van der Waals surface area contributed by atoms with Crippen LogP contribution in [0.2, 0.25) is 0 Å². The van der Waals surface area contributed by atoms with Gasteiger partial charge in [0.05, 0.1) is 10.6 Å². The van der Waals surface area contributed by atoms with E-state index in [1.165, 1.54) is 44.0 Å². The van der Waals surface area contributed by atoms with E-state index in [-0.39, 0.29) is 32.5 Å². The largest absolute Gasteiger partial charge is 0.0622 e. The lowest BCUT2D eigenvalue weighted by Gasteiger charge is -2.32. The molecule has 7 rings (SSSR count). The second-order valence-corrected chi connectivity index (χ2v) is 28.1. The molecule has 0 unspecified atom stereocenters. The number of benzene rings is 7. The van der Waals surface area contributed by atoms with Crippen molar-refractivity contribution < 1.29 is 0 Å². The summed E-state index contributed by atoms with van der Waals surface area (Å²) in [5.74, 6) is 27.8. The molecule has 0 fully saturated rings. The highest BCUT2D eigenvalue weighted by molar-refractivity contribution is 7.51. The lowest BCUT2D eigenvalue weighted by Crippen LogP contribution is -2.30. The van der Waals surface area contributed by atoms with Gasteiger partial charge in [-0.05, 0) is 150 Å². The first-order valence-corrected chi connectivity index (χ1v) is 28.0. The fourth-order valence-electron chi connectivity index (χ4n) is 9.17. The molecule has 7 aromatic rings. The van der Waals surface area contributed by atoms with Crippen LogP contribution in [0.3, 0.4) is 0 Å². The molecule has 0 atom stereocenters. The summed E-state index contributed by atoms with van der Waals surface area (Å²) in [7, 11) is 2.14. The summed E-state index contributed by atoms with van der Waals surface area (Å²) in [4.78, 5) is 0. The van der Waals surface area contributed by atoms with Crippen molar-refractivity contribution in [2.45, 2.75) is 157 Å². The Morgan fingerprint density at radius 2 is 0.568 bits per heavy atom. The average Bonchev–Trinajstić information content (AvgIpc) is 3.32. The van der Waals surface area contributed by atoms with Crippen molar-refractivity contribution in [1.82, 2.24) is 0 Å². The lowest BCUT2D eigenvalue weighted by atomic mass is 9.75. The molecule has 0 radical (unpaired) electrons. The van der Waals surface area contributed by atoms with E-state index in [0.717, 1.165) is 70.8 Å². The minimum absolute atomic E-state index is 0.0170. The Bertz CT molecular complexity index is 3210. The average molecular weight is 1000 g/mol. The Morgan fingerprint density at radius 1 is 0.311 bits per heavy atom. The molecule has 2 heteroatoms. The molecule has 0 aliphatic carbocycles. The molecule has 0 spiro atoms. The van der Waals surface area contributed by atoms with Crippen LogP contribution in [0.5, 0.6) is 0 Å². The van der Waals surface area contributed by atoms with E-state index in [4.69, 9.17) is 0 Å². The van der Waals surface area contributed by atoms with Gasteiger partial charge in [-0.15, -0.1) is 0 Å². The van der Waals surface area contributed by atoms with Gasteiger partial charge in [0.25, 0.3) is 0 Å². The Morgan fingerprint density at radius 3 is 0.811 bits per heavy atom. The Labute approximate surface area is 450 Å². The molecule has 0 heterocycles. The van der Waals surface area contributed by atoms with E-state index >= 15 is 0 Å². The van der Waals surface area contributed by atoms with E-state index in [9.17, 15) is 0 Å². The van der Waals surface area contributed by atoms with Gasteiger partial charge in [-0.25, -0.2) is 0 Å². The number of hydrogen-bond donors (Lipinski definition) is 0. The Balaban J connectivity index is 1.37. The van der Waals surface area contributed by atoms with Gasteiger partial charge in [0, 0.05) is 21.7 Å². The molecule has 0 bridgehead atoms. The van der Waals surface area contributed by atoms with E-state index in [1.54, 1.807) is 0 Å². The molecule has 0 saturated heterocycles. The smallest absolute Gasteiger partial charge is 0.0605 e. The second kappa shape index (κ2) is 21.5. The van der Waals surface area contributed by atoms with Gasteiger partial charge >= 0.3 is 0 Å². The van der Waals surface area contributed by atoms with Gasteiger partial charge in [0.15, 0.2) is 0 Å². The summed E-state index contributed by atoms with van der Waals surface area (Å²) in [5.41, 5.74) is 12.1. The molecular weight excluding hydrogens is 927 g/mol. The van der Waals surface area contributed by atoms with Crippen LogP contribution in [0.25, 0.3) is 21.5 Å². The van der Waals surface area contributed by atoms with Crippen LogP contribution in [0, 0.1) is 47.4 Å². The predicted molar refractivity (Wildman–Crippen MR) is 330 cm³/mol. The van der Waals surface area contributed by atoms with Crippen molar-refractivity contribution in [3.63, 3.8) is 0 Å². The van der Waals surface area contributed by atoms with Crippen molar-refractivity contribution in [1.29, 1.82) is 0 Å². The lowest BCUT2D eigenvalue weighted by molar-refractivity contribution is 0.553. The summed E-state index contributed by atoms with van der Waals surface area (Å²) < 4.78 is 0. The first kappa shape index (κ1) is 55.4. The first-order chi connectivity index (χ1) is 34.5. The summed E-state index contributed by atoms with van der Waals surface area (Å²) in [6.45, 7) is 41.8. The first-order valence-electron chi connectivity index (χ1n) is 26.2. The van der Waals surface area contributed by atoms with Crippen LogP contribution in [0.1, 0.15) is 180 Å². The van der Waals surface area contributed by atoms with Gasteiger partial charge in [-0.2, -0.15) is 0 Å². The zero-order chi connectivity index (χ0) is 54.0. The normalized spacial score (nSPS) is 12.7. The third-order valence-corrected chi connectivity index (χ3v) is 16.1. The number of rotatable bonds is 4. The monoisotopic (exact) mass is 1000 g/mol. The summed E-state index contributed by atoms with van der Waals surface area (Å²) in [6, 6.07) is 48.0. The quantitative estimate of drug-likeness (QED) is 0.0936. The second-order valence-electron chi connectivity index (χ2n) is 25.8. The van der Waals surface area contributed by atoms with Gasteiger partial charge in [0.2, 0.25) is 0 Å². The topological polar surface area (TPSA) is 0 Å². The van der Waals surface area contributed by atoms with E-state index in [0.29, 0.717) is 0 Å². The Hall–Kier alpha value is -6.36. The van der Waals surface area contributed by atoms with Gasteiger partial charge in [-0.3, -0.25) is 0 Å². The van der Waals surface area contributed by atoms with Crippen LogP contribution in [-0.4, -0.2) is 10.6 Å². The molecule has 0 amide bonds. The maximum Gasteiger partial charge on any atom is 0.0605 e. The third-order valence-electron chi connectivity index (χ3n) is 13.5. The van der Waals surface area contributed by atoms with Crippen molar-refractivity contribution >= 4 is 59.1 Å². The Kier molecular flexibility index (Phi) is 16.1. The van der Waals surface area contributed by atoms with Crippen LogP contribution < -0.4 is 10.6 Å². The minimum Gasteiger partial charge on any atom is -0.0622 e. The van der Waals surface area contributed by atoms with E-state index in [1.807, 2.05) is 0 Å². The van der Waals surface area contributed by atoms with Crippen LogP contribution in [0.4, 0.5) is 0 Å². The van der Waals surface area contributed by atoms with Crippen molar-refractivity contribution in [2.75, 3.05) is 0 Å². The van der Waals surface area contributed by atoms with Crippen LogP contribution in [0.15, 0.2) is 133 Å². The van der Waals surface area contributed by atoms with Gasteiger partial charge in [-0.1, -0.05) is 270 Å². The maximum absolute atomic E-state index is 3.60.